The van der Waals surface area contributed by atoms with Crippen LogP contribution < -0.4 is 5.32 Å². The second-order valence-corrected chi connectivity index (χ2v) is 5.96. The standard InChI is InChI=1S/C16H19N3O4/c1-16(2,3)23-15(22)17-8-11-6-4-5-7-13(11)19-9-12(14(20)21)18-10-19/h4-7,9-10H,8H2,1-3H3,(H,17,22)(H,20,21). The number of aromatic nitrogens is 2. The summed E-state index contributed by atoms with van der Waals surface area (Å²) in [7, 11) is 0. The molecule has 0 saturated heterocycles. The molecule has 1 aromatic carbocycles. The summed E-state index contributed by atoms with van der Waals surface area (Å²) >= 11 is 0. The lowest BCUT2D eigenvalue weighted by Gasteiger charge is -2.20. The average Bonchev–Trinajstić information content (AvgIpc) is 2.93. The molecule has 122 valence electrons. The Balaban J connectivity index is 2.14. The highest BCUT2D eigenvalue weighted by atomic mass is 16.6. The van der Waals surface area contributed by atoms with E-state index >= 15 is 0 Å². The first kappa shape index (κ1) is 16.5. The highest BCUT2D eigenvalue weighted by Crippen LogP contribution is 2.15. The molecular formula is C16H19N3O4. The number of hydrogen-bond donors (Lipinski definition) is 2. The quantitative estimate of drug-likeness (QED) is 0.904. The van der Waals surface area contributed by atoms with Crippen molar-refractivity contribution in [2.24, 2.45) is 0 Å². The fourth-order valence-corrected chi connectivity index (χ4v) is 1.96. The molecule has 2 N–H and O–H groups in total. The number of nitrogens with one attached hydrogen (secondary N) is 1. The van der Waals surface area contributed by atoms with E-state index < -0.39 is 17.7 Å². The van der Waals surface area contributed by atoms with Gasteiger partial charge in [0, 0.05) is 12.7 Å². The van der Waals surface area contributed by atoms with Gasteiger partial charge in [0.1, 0.15) is 11.9 Å². The summed E-state index contributed by atoms with van der Waals surface area (Å²) in [5, 5.41) is 11.6. The number of ether oxygens (including phenoxy) is 1. The number of carbonyl (C=O) groups excluding carboxylic acids is 1. The molecule has 1 heterocycles. The van der Waals surface area contributed by atoms with Gasteiger partial charge in [-0.25, -0.2) is 14.6 Å². The maximum atomic E-state index is 11.7. The van der Waals surface area contributed by atoms with Crippen molar-refractivity contribution in [3.8, 4) is 5.69 Å². The molecule has 0 saturated carbocycles. The molecular weight excluding hydrogens is 298 g/mol. The third-order valence-electron chi connectivity index (χ3n) is 2.89. The number of alkyl carbamates (subject to hydrolysis) is 1. The van der Waals surface area contributed by atoms with Gasteiger partial charge in [0.25, 0.3) is 0 Å². The third kappa shape index (κ3) is 4.57. The SMILES string of the molecule is CC(C)(C)OC(=O)NCc1ccccc1-n1cnc(C(=O)O)c1. The summed E-state index contributed by atoms with van der Waals surface area (Å²) in [4.78, 5) is 26.5. The molecule has 0 bridgehead atoms. The van der Waals surface area contributed by atoms with Gasteiger partial charge in [-0.1, -0.05) is 18.2 Å². The first-order chi connectivity index (χ1) is 10.8. The van der Waals surface area contributed by atoms with Crippen LogP contribution in [0.25, 0.3) is 5.69 Å². The number of amides is 1. The zero-order valence-electron chi connectivity index (χ0n) is 13.2. The van der Waals surface area contributed by atoms with Crippen molar-refractivity contribution in [2.45, 2.75) is 32.9 Å². The van der Waals surface area contributed by atoms with Gasteiger partial charge < -0.3 is 19.7 Å². The van der Waals surface area contributed by atoms with Crippen LogP contribution in [-0.4, -0.2) is 32.3 Å². The van der Waals surface area contributed by atoms with Crippen LogP contribution in [0.4, 0.5) is 4.79 Å². The first-order valence-electron chi connectivity index (χ1n) is 7.09. The zero-order chi connectivity index (χ0) is 17.0. The third-order valence-corrected chi connectivity index (χ3v) is 2.89. The summed E-state index contributed by atoms with van der Waals surface area (Å²) in [6.45, 7) is 5.63. The van der Waals surface area contributed by atoms with Gasteiger partial charge in [-0.3, -0.25) is 0 Å². The second-order valence-electron chi connectivity index (χ2n) is 5.96. The molecule has 0 fully saturated rings. The smallest absolute Gasteiger partial charge is 0.407 e. The van der Waals surface area contributed by atoms with Crippen molar-refractivity contribution in [3.63, 3.8) is 0 Å². The number of carboxylic acid groups (broad SMARTS) is 1. The molecule has 0 aliphatic heterocycles. The maximum absolute atomic E-state index is 11.7. The number of carboxylic acids is 1. The monoisotopic (exact) mass is 317 g/mol. The molecule has 0 radical (unpaired) electrons. The lowest BCUT2D eigenvalue weighted by Crippen LogP contribution is -2.32. The fraction of sp³-hybridized carbons (Fsp3) is 0.312. The summed E-state index contributed by atoms with van der Waals surface area (Å²) in [6.07, 6.45) is 2.34. The minimum absolute atomic E-state index is 0.0418. The molecule has 1 aromatic heterocycles. The van der Waals surface area contributed by atoms with Crippen LogP contribution in [-0.2, 0) is 11.3 Å². The summed E-state index contributed by atoms with van der Waals surface area (Å²) in [6, 6.07) is 7.32. The van der Waals surface area contributed by atoms with Gasteiger partial charge in [0.15, 0.2) is 5.69 Å². The number of rotatable bonds is 4. The summed E-state index contributed by atoms with van der Waals surface area (Å²) in [5.41, 5.74) is 0.945. The molecule has 0 aliphatic rings. The highest BCUT2D eigenvalue weighted by molar-refractivity contribution is 5.85. The molecule has 0 aliphatic carbocycles. The van der Waals surface area contributed by atoms with Crippen molar-refractivity contribution < 1.29 is 19.4 Å². The van der Waals surface area contributed by atoms with E-state index in [9.17, 15) is 9.59 Å². The largest absolute Gasteiger partial charge is 0.476 e. The summed E-state index contributed by atoms with van der Waals surface area (Å²) < 4.78 is 6.80. The Morgan fingerprint density at radius 2 is 2.00 bits per heavy atom. The molecule has 7 nitrogen and oxygen atoms in total. The lowest BCUT2D eigenvalue weighted by atomic mass is 10.1. The van der Waals surface area contributed by atoms with Crippen LogP contribution in [0.2, 0.25) is 0 Å². The van der Waals surface area contributed by atoms with Gasteiger partial charge in [0.05, 0.1) is 5.69 Å². The minimum atomic E-state index is -1.09. The number of imidazole rings is 1. The summed E-state index contributed by atoms with van der Waals surface area (Å²) in [5.74, 6) is -1.09. The zero-order valence-corrected chi connectivity index (χ0v) is 13.2. The van der Waals surface area contributed by atoms with Crippen LogP contribution in [0.5, 0.6) is 0 Å². The molecule has 0 atom stereocenters. The number of aromatic carboxylic acids is 1. The Labute approximate surface area is 133 Å². The average molecular weight is 317 g/mol. The maximum Gasteiger partial charge on any atom is 0.407 e. The van der Waals surface area contributed by atoms with E-state index in [0.717, 1.165) is 11.3 Å². The van der Waals surface area contributed by atoms with Crippen molar-refractivity contribution in [3.05, 3.63) is 48.0 Å². The fourth-order valence-electron chi connectivity index (χ4n) is 1.96. The minimum Gasteiger partial charge on any atom is -0.476 e. The predicted molar refractivity (Wildman–Crippen MR) is 83.6 cm³/mol. The normalized spacial score (nSPS) is 11.1. The number of carbonyl (C=O) groups is 2. The second kappa shape index (κ2) is 6.51. The topological polar surface area (TPSA) is 93.5 Å². The number of benzene rings is 1. The van der Waals surface area contributed by atoms with Gasteiger partial charge in [-0.15, -0.1) is 0 Å². The Hall–Kier alpha value is -2.83. The number of para-hydroxylation sites is 1. The van der Waals surface area contributed by atoms with E-state index in [1.165, 1.54) is 12.5 Å². The lowest BCUT2D eigenvalue weighted by molar-refractivity contribution is 0.0523. The van der Waals surface area contributed by atoms with E-state index in [4.69, 9.17) is 9.84 Å². The predicted octanol–water partition coefficient (Wildman–Crippen LogP) is 2.60. The van der Waals surface area contributed by atoms with E-state index in [1.807, 2.05) is 24.3 Å². The van der Waals surface area contributed by atoms with Gasteiger partial charge in [-0.2, -0.15) is 0 Å². The van der Waals surface area contributed by atoms with Crippen molar-refractivity contribution in [2.75, 3.05) is 0 Å². The van der Waals surface area contributed by atoms with Crippen molar-refractivity contribution >= 4 is 12.1 Å². The highest BCUT2D eigenvalue weighted by Gasteiger charge is 2.16. The van der Waals surface area contributed by atoms with Gasteiger partial charge >= 0.3 is 12.1 Å². The van der Waals surface area contributed by atoms with Crippen molar-refractivity contribution in [1.82, 2.24) is 14.9 Å². The van der Waals surface area contributed by atoms with Crippen LogP contribution in [0.1, 0.15) is 36.8 Å². The van der Waals surface area contributed by atoms with Crippen molar-refractivity contribution in [1.29, 1.82) is 0 Å². The van der Waals surface area contributed by atoms with E-state index in [0.29, 0.717) is 0 Å². The van der Waals surface area contributed by atoms with Crippen LogP contribution >= 0.6 is 0 Å². The van der Waals surface area contributed by atoms with E-state index in [2.05, 4.69) is 10.3 Å². The first-order valence-corrected chi connectivity index (χ1v) is 7.09. The Morgan fingerprint density at radius 1 is 1.30 bits per heavy atom. The molecule has 23 heavy (non-hydrogen) atoms. The molecule has 0 spiro atoms. The van der Waals surface area contributed by atoms with E-state index in [1.54, 1.807) is 25.3 Å². The number of hydrogen-bond acceptors (Lipinski definition) is 4. The Morgan fingerprint density at radius 3 is 2.61 bits per heavy atom. The number of nitrogens with zero attached hydrogens (tertiary/aromatic N) is 2. The Bertz CT molecular complexity index is 716. The Kier molecular flexibility index (Phi) is 4.68. The van der Waals surface area contributed by atoms with E-state index in [-0.39, 0.29) is 12.2 Å². The van der Waals surface area contributed by atoms with Gasteiger partial charge in [0.2, 0.25) is 0 Å². The molecule has 1 amide bonds. The van der Waals surface area contributed by atoms with Crippen LogP contribution in [0.15, 0.2) is 36.8 Å². The molecule has 7 heteroatoms. The molecule has 2 aromatic rings. The van der Waals surface area contributed by atoms with Crippen LogP contribution in [0, 0.1) is 0 Å². The molecule has 2 rings (SSSR count). The van der Waals surface area contributed by atoms with Crippen LogP contribution in [0.3, 0.4) is 0 Å². The van der Waals surface area contributed by atoms with Gasteiger partial charge in [-0.05, 0) is 32.4 Å². The molecule has 0 unspecified atom stereocenters.